The second-order valence-electron chi connectivity index (χ2n) is 3.67. The molecular weight excluding hydrogens is 226 g/mol. The van der Waals surface area contributed by atoms with Gasteiger partial charge in [0.2, 0.25) is 5.91 Å². The van der Waals surface area contributed by atoms with Gasteiger partial charge in [0.25, 0.3) is 0 Å². The number of ether oxygens (including phenoxy) is 1. The number of amides is 3. The van der Waals surface area contributed by atoms with Crippen molar-refractivity contribution in [2.24, 2.45) is 5.73 Å². The van der Waals surface area contributed by atoms with E-state index in [1.54, 1.807) is 0 Å². The van der Waals surface area contributed by atoms with E-state index in [1.165, 1.54) is 11.8 Å². The van der Waals surface area contributed by atoms with Crippen LogP contribution in [0.2, 0.25) is 0 Å². The van der Waals surface area contributed by atoms with E-state index in [9.17, 15) is 14.4 Å². The summed E-state index contributed by atoms with van der Waals surface area (Å²) < 4.78 is 5.08. The van der Waals surface area contributed by atoms with Crippen LogP contribution in [0.4, 0.5) is 0 Å². The normalized spacial score (nSPS) is 15.5. The topological polar surface area (TPSA) is 92.9 Å². The van der Waals surface area contributed by atoms with Gasteiger partial charge in [-0.15, -0.1) is 0 Å². The molecule has 2 N–H and O–H groups in total. The van der Waals surface area contributed by atoms with Gasteiger partial charge in [0, 0.05) is 33.1 Å². The van der Waals surface area contributed by atoms with Crippen molar-refractivity contribution < 1.29 is 19.1 Å². The van der Waals surface area contributed by atoms with Crippen LogP contribution in [-0.2, 0) is 19.1 Å². The summed E-state index contributed by atoms with van der Waals surface area (Å²) in [6, 6.07) is 0. The second kappa shape index (κ2) is 6.31. The average Bonchev–Trinajstić information content (AvgIpc) is 2.35. The third kappa shape index (κ3) is 3.50. The Morgan fingerprint density at radius 1 is 1.29 bits per heavy atom. The molecule has 0 spiro atoms. The van der Waals surface area contributed by atoms with E-state index in [2.05, 4.69) is 0 Å². The van der Waals surface area contributed by atoms with Gasteiger partial charge in [-0.3, -0.25) is 19.3 Å². The van der Waals surface area contributed by atoms with Gasteiger partial charge in [0.1, 0.15) is 0 Å². The smallest absolute Gasteiger partial charge is 0.318 e. The maximum atomic E-state index is 11.8. The first-order valence-corrected chi connectivity index (χ1v) is 5.47. The Hall–Kier alpha value is -1.47. The van der Waals surface area contributed by atoms with Gasteiger partial charge in [0.15, 0.2) is 0 Å². The lowest BCUT2D eigenvalue weighted by molar-refractivity contribution is -0.157. The SMILES string of the molecule is CC(=O)N(CCN)C(=O)C(=O)N1CCOCC1. The molecule has 1 saturated heterocycles. The van der Waals surface area contributed by atoms with Crippen LogP contribution < -0.4 is 5.73 Å². The third-order valence-corrected chi connectivity index (χ3v) is 2.46. The zero-order chi connectivity index (χ0) is 12.8. The predicted octanol–water partition coefficient (Wildman–Crippen LogP) is -1.82. The highest BCUT2D eigenvalue weighted by atomic mass is 16.5. The molecule has 1 rings (SSSR count). The van der Waals surface area contributed by atoms with Crippen LogP contribution in [0.1, 0.15) is 6.92 Å². The van der Waals surface area contributed by atoms with Gasteiger partial charge in [-0.05, 0) is 0 Å². The molecule has 1 fully saturated rings. The molecule has 96 valence electrons. The Kier molecular flexibility index (Phi) is 5.05. The van der Waals surface area contributed by atoms with Crippen LogP contribution in [0.5, 0.6) is 0 Å². The van der Waals surface area contributed by atoms with Crippen molar-refractivity contribution in [3.8, 4) is 0 Å². The minimum atomic E-state index is -0.815. The first-order valence-electron chi connectivity index (χ1n) is 5.47. The Bertz CT molecular complexity index is 313. The number of hydrogen-bond acceptors (Lipinski definition) is 5. The van der Waals surface area contributed by atoms with Crippen molar-refractivity contribution in [3.05, 3.63) is 0 Å². The highest BCUT2D eigenvalue weighted by molar-refractivity contribution is 6.37. The molecule has 1 heterocycles. The standard InChI is InChI=1S/C10H17N3O4/c1-8(14)13(3-2-11)10(16)9(15)12-4-6-17-7-5-12/h2-7,11H2,1H3. The lowest BCUT2D eigenvalue weighted by Crippen LogP contribution is -2.51. The Morgan fingerprint density at radius 3 is 2.35 bits per heavy atom. The Labute approximate surface area is 99.5 Å². The van der Waals surface area contributed by atoms with Gasteiger partial charge in [-0.2, -0.15) is 0 Å². The summed E-state index contributed by atoms with van der Waals surface area (Å²) in [5.41, 5.74) is 5.29. The number of imide groups is 1. The van der Waals surface area contributed by atoms with Gasteiger partial charge < -0.3 is 15.4 Å². The van der Waals surface area contributed by atoms with Crippen LogP contribution in [0.3, 0.4) is 0 Å². The zero-order valence-corrected chi connectivity index (χ0v) is 9.85. The summed E-state index contributed by atoms with van der Waals surface area (Å²) in [5, 5.41) is 0. The Balaban J connectivity index is 2.65. The van der Waals surface area contributed by atoms with E-state index >= 15 is 0 Å². The molecule has 1 aliphatic rings. The molecule has 0 bridgehead atoms. The van der Waals surface area contributed by atoms with Gasteiger partial charge >= 0.3 is 11.8 Å². The summed E-state index contributed by atoms with van der Waals surface area (Å²) in [6.45, 7) is 3.01. The summed E-state index contributed by atoms with van der Waals surface area (Å²) in [4.78, 5) is 37.1. The maximum Gasteiger partial charge on any atom is 0.318 e. The second-order valence-corrected chi connectivity index (χ2v) is 3.67. The van der Waals surface area contributed by atoms with Crippen molar-refractivity contribution in [3.63, 3.8) is 0 Å². The number of nitrogens with zero attached hydrogens (tertiary/aromatic N) is 2. The summed E-state index contributed by atoms with van der Waals surface area (Å²) in [7, 11) is 0. The molecule has 7 heteroatoms. The lowest BCUT2D eigenvalue weighted by atomic mass is 10.3. The van der Waals surface area contributed by atoms with Crippen LogP contribution in [0, 0.1) is 0 Å². The monoisotopic (exact) mass is 243 g/mol. The van der Waals surface area contributed by atoms with Crippen molar-refractivity contribution in [1.29, 1.82) is 0 Å². The van der Waals surface area contributed by atoms with Gasteiger partial charge in [-0.25, -0.2) is 0 Å². The van der Waals surface area contributed by atoms with E-state index < -0.39 is 17.7 Å². The molecular formula is C10H17N3O4. The summed E-state index contributed by atoms with van der Waals surface area (Å²) >= 11 is 0. The van der Waals surface area contributed by atoms with Crippen LogP contribution in [-0.4, -0.2) is 66.9 Å². The number of hydrogen-bond donors (Lipinski definition) is 1. The van der Waals surface area contributed by atoms with E-state index in [0.717, 1.165) is 4.90 Å². The number of morpholine rings is 1. The first kappa shape index (κ1) is 13.6. The molecule has 0 atom stereocenters. The zero-order valence-electron chi connectivity index (χ0n) is 9.85. The number of carbonyl (C=O) groups is 3. The molecule has 7 nitrogen and oxygen atoms in total. The van der Waals surface area contributed by atoms with E-state index in [4.69, 9.17) is 10.5 Å². The summed E-state index contributed by atoms with van der Waals surface area (Å²) in [5.74, 6) is -1.95. The van der Waals surface area contributed by atoms with Gasteiger partial charge in [-0.1, -0.05) is 0 Å². The molecule has 0 aliphatic carbocycles. The number of nitrogens with two attached hydrogens (primary N) is 1. The van der Waals surface area contributed by atoms with Crippen molar-refractivity contribution >= 4 is 17.7 Å². The largest absolute Gasteiger partial charge is 0.378 e. The van der Waals surface area contributed by atoms with Crippen LogP contribution in [0.15, 0.2) is 0 Å². The molecule has 0 unspecified atom stereocenters. The quantitative estimate of drug-likeness (QED) is 0.576. The molecule has 3 amide bonds. The fourth-order valence-electron chi connectivity index (χ4n) is 1.55. The van der Waals surface area contributed by atoms with E-state index in [0.29, 0.717) is 26.3 Å². The minimum Gasteiger partial charge on any atom is -0.378 e. The molecule has 17 heavy (non-hydrogen) atoms. The molecule has 1 aliphatic heterocycles. The molecule has 0 aromatic heterocycles. The van der Waals surface area contributed by atoms with Crippen molar-refractivity contribution in [2.75, 3.05) is 39.4 Å². The average molecular weight is 243 g/mol. The summed E-state index contributed by atoms with van der Waals surface area (Å²) in [6.07, 6.45) is 0. The first-order chi connectivity index (χ1) is 8.07. The van der Waals surface area contributed by atoms with Crippen LogP contribution in [0.25, 0.3) is 0 Å². The highest BCUT2D eigenvalue weighted by Gasteiger charge is 2.29. The molecule has 0 aromatic rings. The van der Waals surface area contributed by atoms with Gasteiger partial charge in [0.05, 0.1) is 13.2 Å². The fourth-order valence-corrected chi connectivity index (χ4v) is 1.55. The predicted molar refractivity (Wildman–Crippen MR) is 58.8 cm³/mol. The molecule has 0 aromatic carbocycles. The Morgan fingerprint density at radius 2 is 1.88 bits per heavy atom. The third-order valence-electron chi connectivity index (χ3n) is 2.46. The van der Waals surface area contributed by atoms with Crippen LogP contribution >= 0.6 is 0 Å². The molecule has 0 radical (unpaired) electrons. The van der Waals surface area contributed by atoms with Crippen molar-refractivity contribution in [2.45, 2.75) is 6.92 Å². The van der Waals surface area contributed by atoms with E-state index in [-0.39, 0.29) is 13.1 Å². The van der Waals surface area contributed by atoms with E-state index in [1.807, 2.05) is 0 Å². The molecule has 0 saturated carbocycles. The highest BCUT2D eigenvalue weighted by Crippen LogP contribution is 2.01. The van der Waals surface area contributed by atoms with Crippen molar-refractivity contribution in [1.82, 2.24) is 9.80 Å². The maximum absolute atomic E-state index is 11.8. The lowest BCUT2D eigenvalue weighted by Gasteiger charge is -2.28. The fraction of sp³-hybridized carbons (Fsp3) is 0.700. The number of carbonyl (C=O) groups excluding carboxylic acids is 3. The minimum absolute atomic E-state index is 0.0598. The number of rotatable bonds is 2.